The topological polar surface area (TPSA) is 80.9 Å². The number of anilines is 1. The number of nitrogens with two attached hydrogens (primary N) is 1. The lowest BCUT2D eigenvalue weighted by Gasteiger charge is -2.15. The average molecular weight is 268 g/mol. The van der Waals surface area contributed by atoms with Crippen LogP contribution in [-0.2, 0) is 4.79 Å². The number of hydrogen-bond acceptors (Lipinski definition) is 5. The van der Waals surface area contributed by atoms with Crippen LogP contribution in [0.5, 0.6) is 0 Å². The van der Waals surface area contributed by atoms with E-state index in [0.717, 1.165) is 24.3 Å². The lowest BCUT2D eigenvalue weighted by Crippen LogP contribution is -2.29. The molecule has 0 bridgehead atoms. The SMILES string of the molecule is CC(C)c1nnc(NC(=O)[C@@H]2CCC[C@@H]2CN)s1. The van der Waals surface area contributed by atoms with Gasteiger partial charge in [-0.1, -0.05) is 31.6 Å². The zero-order valence-electron chi connectivity index (χ0n) is 10.8. The molecule has 1 heterocycles. The zero-order valence-corrected chi connectivity index (χ0v) is 11.7. The maximum Gasteiger partial charge on any atom is 0.229 e. The third-order valence-corrected chi connectivity index (χ3v) is 4.60. The van der Waals surface area contributed by atoms with Gasteiger partial charge in [0.25, 0.3) is 0 Å². The number of carbonyl (C=O) groups excluding carboxylic acids is 1. The molecule has 1 fully saturated rings. The third-order valence-electron chi connectivity index (χ3n) is 3.46. The highest BCUT2D eigenvalue weighted by molar-refractivity contribution is 7.15. The van der Waals surface area contributed by atoms with Gasteiger partial charge in [-0.2, -0.15) is 0 Å². The van der Waals surface area contributed by atoms with E-state index in [4.69, 9.17) is 5.73 Å². The number of nitrogens with zero attached hydrogens (tertiary/aromatic N) is 2. The largest absolute Gasteiger partial charge is 0.330 e. The van der Waals surface area contributed by atoms with Crippen molar-refractivity contribution in [3.05, 3.63) is 5.01 Å². The Hall–Kier alpha value is -1.01. The van der Waals surface area contributed by atoms with Crippen LogP contribution < -0.4 is 11.1 Å². The van der Waals surface area contributed by atoms with Gasteiger partial charge in [0.2, 0.25) is 11.0 Å². The summed E-state index contributed by atoms with van der Waals surface area (Å²) in [5, 5.41) is 12.5. The molecule has 0 aromatic carbocycles. The molecule has 1 aromatic rings. The smallest absolute Gasteiger partial charge is 0.229 e. The summed E-state index contributed by atoms with van der Waals surface area (Å²) >= 11 is 1.45. The highest BCUT2D eigenvalue weighted by Gasteiger charge is 2.32. The Bertz CT molecular complexity index is 418. The number of aromatic nitrogens is 2. The number of hydrogen-bond donors (Lipinski definition) is 2. The Balaban J connectivity index is 1.98. The minimum absolute atomic E-state index is 0.0430. The average Bonchev–Trinajstić information content (AvgIpc) is 2.96. The lowest BCUT2D eigenvalue weighted by atomic mass is 9.95. The van der Waals surface area contributed by atoms with Crippen LogP contribution in [0, 0.1) is 11.8 Å². The molecule has 100 valence electrons. The van der Waals surface area contributed by atoms with Crippen LogP contribution in [0.3, 0.4) is 0 Å². The monoisotopic (exact) mass is 268 g/mol. The normalized spacial score (nSPS) is 23.6. The summed E-state index contributed by atoms with van der Waals surface area (Å²) in [5.41, 5.74) is 5.69. The third kappa shape index (κ3) is 2.87. The van der Waals surface area contributed by atoms with Crippen molar-refractivity contribution in [1.29, 1.82) is 0 Å². The number of nitrogens with one attached hydrogen (secondary N) is 1. The molecule has 0 spiro atoms. The van der Waals surface area contributed by atoms with Crippen LogP contribution >= 0.6 is 11.3 Å². The Kier molecular flexibility index (Phi) is 4.29. The van der Waals surface area contributed by atoms with Gasteiger partial charge >= 0.3 is 0 Å². The van der Waals surface area contributed by atoms with E-state index >= 15 is 0 Å². The molecule has 0 unspecified atom stereocenters. The van der Waals surface area contributed by atoms with Crippen LogP contribution in [0.15, 0.2) is 0 Å². The molecule has 1 aliphatic carbocycles. The minimum atomic E-state index is 0.0430. The number of amides is 1. The quantitative estimate of drug-likeness (QED) is 0.875. The summed E-state index contributed by atoms with van der Waals surface area (Å²) in [4.78, 5) is 12.1. The first-order chi connectivity index (χ1) is 8.61. The summed E-state index contributed by atoms with van der Waals surface area (Å²) in [6.45, 7) is 4.71. The molecule has 1 amide bonds. The van der Waals surface area contributed by atoms with E-state index in [-0.39, 0.29) is 11.8 Å². The summed E-state index contributed by atoms with van der Waals surface area (Å²) in [5.74, 6) is 0.759. The predicted molar refractivity (Wildman–Crippen MR) is 72.5 cm³/mol. The molecule has 3 N–H and O–H groups in total. The Labute approximate surface area is 111 Å². The predicted octanol–water partition coefficient (Wildman–Crippen LogP) is 1.98. The summed E-state index contributed by atoms with van der Waals surface area (Å²) in [6, 6.07) is 0. The van der Waals surface area contributed by atoms with E-state index in [1.807, 2.05) is 0 Å². The van der Waals surface area contributed by atoms with Gasteiger partial charge in [-0.15, -0.1) is 10.2 Å². The fourth-order valence-corrected chi connectivity index (χ4v) is 3.13. The van der Waals surface area contributed by atoms with E-state index < -0.39 is 0 Å². The highest BCUT2D eigenvalue weighted by atomic mass is 32.1. The van der Waals surface area contributed by atoms with Gasteiger partial charge in [-0.05, 0) is 25.3 Å². The first-order valence-corrected chi connectivity index (χ1v) is 7.27. The molecule has 1 aliphatic rings. The second kappa shape index (κ2) is 5.75. The van der Waals surface area contributed by atoms with Crippen molar-refractivity contribution in [3.63, 3.8) is 0 Å². The molecule has 18 heavy (non-hydrogen) atoms. The first-order valence-electron chi connectivity index (χ1n) is 6.46. The molecule has 6 heteroatoms. The second-order valence-corrected chi connectivity index (χ2v) is 6.13. The van der Waals surface area contributed by atoms with Gasteiger partial charge in [-0.3, -0.25) is 4.79 Å². The summed E-state index contributed by atoms with van der Waals surface area (Å²) in [6.07, 6.45) is 3.08. The fourth-order valence-electron chi connectivity index (χ4n) is 2.38. The molecule has 1 aromatic heterocycles. The van der Waals surface area contributed by atoms with Gasteiger partial charge in [0.1, 0.15) is 5.01 Å². The van der Waals surface area contributed by atoms with Gasteiger partial charge in [0.15, 0.2) is 0 Å². The Morgan fingerprint density at radius 3 is 2.89 bits per heavy atom. The van der Waals surface area contributed by atoms with Crippen LogP contribution in [0.1, 0.15) is 44.0 Å². The highest BCUT2D eigenvalue weighted by Crippen LogP contribution is 2.32. The molecule has 0 saturated heterocycles. The van der Waals surface area contributed by atoms with Crippen molar-refractivity contribution in [2.45, 2.75) is 39.0 Å². The first kappa shape index (κ1) is 13.4. The molecule has 2 rings (SSSR count). The maximum atomic E-state index is 12.1. The maximum absolute atomic E-state index is 12.1. The Morgan fingerprint density at radius 1 is 1.50 bits per heavy atom. The molecule has 1 saturated carbocycles. The van der Waals surface area contributed by atoms with Crippen molar-refractivity contribution in [2.75, 3.05) is 11.9 Å². The Morgan fingerprint density at radius 2 is 2.28 bits per heavy atom. The molecule has 0 radical (unpaired) electrons. The van der Waals surface area contributed by atoms with E-state index in [1.165, 1.54) is 11.3 Å². The van der Waals surface area contributed by atoms with E-state index in [0.29, 0.717) is 23.5 Å². The van der Waals surface area contributed by atoms with Crippen molar-refractivity contribution < 1.29 is 4.79 Å². The standard InChI is InChI=1S/C12H20N4OS/c1-7(2)11-15-16-12(18-11)14-10(17)9-5-3-4-8(9)6-13/h7-9H,3-6,13H2,1-2H3,(H,14,16,17)/t8-,9-/m1/s1. The fraction of sp³-hybridized carbons (Fsp3) is 0.750. The van der Waals surface area contributed by atoms with E-state index in [2.05, 4.69) is 29.4 Å². The van der Waals surface area contributed by atoms with E-state index in [1.54, 1.807) is 0 Å². The van der Waals surface area contributed by atoms with Gasteiger partial charge < -0.3 is 11.1 Å². The second-order valence-electron chi connectivity index (χ2n) is 5.12. The molecular weight excluding hydrogens is 248 g/mol. The van der Waals surface area contributed by atoms with Gasteiger partial charge in [0, 0.05) is 11.8 Å². The van der Waals surface area contributed by atoms with Crippen LogP contribution in [0.25, 0.3) is 0 Å². The van der Waals surface area contributed by atoms with Crippen LogP contribution in [0.4, 0.5) is 5.13 Å². The van der Waals surface area contributed by atoms with Crippen molar-refractivity contribution in [3.8, 4) is 0 Å². The van der Waals surface area contributed by atoms with Gasteiger partial charge in [0.05, 0.1) is 0 Å². The number of rotatable bonds is 4. The molecule has 5 nitrogen and oxygen atoms in total. The van der Waals surface area contributed by atoms with Crippen molar-refractivity contribution >= 4 is 22.4 Å². The van der Waals surface area contributed by atoms with Crippen LogP contribution in [0.2, 0.25) is 0 Å². The molecular formula is C12H20N4OS. The van der Waals surface area contributed by atoms with Crippen molar-refractivity contribution in [1.82, 2.24) is 10.2 Å². The van der Waals surface area contributed by atoms with E-state index in [9.17, 15) is 4.79 Å². The minimum Gasteiger partial charge on any atom is -0.330 e. The summed E-state index contributed by atoms with van der Waals surface area (Å²) < 4.78 is 0. The van der Waals surface area contributed by atoms with Crippen LogP contribution in [-0.4, -0.2) is 22.6 Å². The zero-order chi connectivity index (χ0) is 13.1. The molecule has 0 aliphatic heterocycles. The lowest BCUT2D eigenvalue weighted by molar-refractivity contribution is -0.120. The number of carbonyl (C=O) groups is 1. The van der Waals surface area contributed by atoms with Crippen molar-refractivity contribution in [2.24, 2.45) is 17.6 Å². The molecule has 2 atom stereocenters. The van der Waals surface area contributed by atoms with Gasteiger partial charge in [-0.25, -0.2) is 0 Å². The summed E-state index contributed by atoms with van der Waals surface area (Å²) in [7, 11) is 0.